The van der Waals surface area contributed by atoms with Crippen molar-refractivity contribution in [1.82, 2.24) is 4.90 Å². The predicted octanol–water partition coefficient (Wildman–Crippen LogP) is 1.62. The van der Waals surface area contributed by atoms with Crippen LogP contribution in [-0.2, 0) is 9.47 Å². The normalized spacial score (nSPS) is 28.1. The van der Waals surface area contributed by atoms with Crippen LogP contribution >= 0.6 is 0 Å². The van der Waals surface area contributed by atoms with E-state index in [9.17, 15) is 0 Å². The van der Waals surface area contributed by atoms with Crippen LogP contribution in [0, 0.1) is 5.92 Å². The van der Waals surface area contributed by atoms with E-state index in [1.807, 2.05) is 0 Å². The van der Waals surface area contributed by atoms with E-state index >= 15 is 0 Å². The number of hydrogen-bond donors (Lipinski definition) is 1. The van der Waals surface area contributed by atoms with Crippen LogP contribution in [0.4, 0.5) is 0 Å². The molecule has 20 heavy (non-hydrogen) atoms. The van der Waals surface area contributed by atoms with Crippen molar-refractivity contribution in [2.75, 3.05) is 39.5 Å². The number of rotatable bonds is 6. The maximum atomic E-state index is 6.04. The van der Waals surface area contributed by atoms with Gasteiger partial charge in [-0.3, -0.25) is 4.99 Å². The summed E-state index contributed by atoms with van der Waals surface area (Å²) in [6.07, 6.45) is 6.08. The Labute approximate surface area is 122 Å². The predicted molar refractivity (Wildman–Crippen MR) is 80.9 cm³/mol. The van der Waals surface area contributed by atoms with Crippen LogP contribution in [0.2, 0.25) is 0 Å². The van der Waals surface area contributed by atoms with E-state index in [4.69, 9.17) is 15.2 Å². The SMILES string of the molecule is CC1CCCN(C(N)=NCCCOCC2CCCO2)C1. The van der Waals surface area contributed by atoms with Gasteiger partial charge in [0.05, 0.1) is 12.7 Å². The molecule has 2 N–H and O–H groups in total. The van der Waals surface area contributed by atoms with E-state index in [0.717, 1.165) is 58.2 Å². The minimum absolute atomic E-state index is 0.318. The molecule has 5 heteroatoms. The molecule has 2 heterocycles. The number of nitrogens with zero attached hydrogens (tertiary/aromatic N) is 2. The average molecular weight is 283 g/mol. The first-order valence-corrected chi connectivity index (χ1v) is 8.00. The van der Waals surface area contributed by atoms with E-state index in [1.54, 1.807) is 0 Å². The monoisotopic (exact) mass is 283 g/mol. The van der Waals surface area contributed by atoms with E-state index in [2.05, 4.69) is 16.8 Å². The fourth-order valence-electron chi connectivity index (χ4n) is 2.85. The highest BCUT2D eigenvalue weighted by molar-refractivity contribution is 5.78. The summed E-state index contributed by atoms with van der Waals surface area (Å²) in [6, 6.07) is 0. The quantitative estimate of drug-likeness (QED) is 0.457. The molecule has 2 aliphatic rings. The number of piperidine rings is 1. The van der Waals surface area contributed by atoms with Gasteiger partial charge in [0.2, 0.25) is 0 Å². The lowest BCUT2D eigenvalue weighted by molar-refractivity contribution is 0.0170. The van der Waals surface area contributed by atoms with Gasteiger partial charge >= 0.3 is 0 Å². The van der Waals surface area contributed by atoms with Crippen LogP contribution in [-0.4, -0.2) is 56.4 Å². The van der Waals surface area contributed by atoms with Crippen molar-refractivity contribution in [2.45, 2.75) is 45.1 Å². The van der Waals surface area contributed by atoms with Crippen molar-refractivity contribution < 1.29 is 9.47 Å². The summed E-state index contributed by atoms with van der Waals surface area (Å²) in [5.41, 5.74) is 6.04. The molecule has 0 saturated carbocycles. The molecule has 0 aliphatic carbocycles. The number of nitrogens with two attached hydrogens (primary N) is 1. The first-order valence-electron chi connectivity index (χ1n) is 8.00. The highest BCUT2D eigenvalue weighted by Crippen LogP contribution is 2.15. The first kappa shape index (κ1) is 15.6. The molecule has 2 unspecified atom stereocenters. The molecule has 0 radical (unpaired) electrons. The molecule has 2 saturated heterocycles. The standard InChI is InChI=1S/C15H29N3O2/c1-13-5-2-8-18(11-13)15(16)17-7-4-9-19-12-14-6-3-10-20-14/h13-14H,2-12H2,1H3,(H2,16,17). The Bertz CT molecular complexity index is 303. The molecule has 2 rings (SSSR count). The molecule has 0 bridgehead atoms. The van der Waals surface area contributed by atoms with Crippen LogP contribution in [0.1, 0.15) is 39.0 Å². The van der Waals surface area contributed by atoms with Crippen molar-refractivity contribution in [3.8, 4) is 0 Å². The van der Waals surface area contributed by atoms with Crippen LogP contribution < -0.4 is 5.73 Å². The van der Waals surface area contributed by atoms with Crippen LogP contribution in [0.25, 0.3) is 0 Å². The van der Waals surface area contributed by atoms with Crippen LogP contribution in [0.15, 0.2) is 4.99 Å². The van der Waals surface area contributed by atoms with Gasteiger partial charge < -0.3 is 20.1 Å². The van der Waals surface area contributed by atoms with E-state index < -0.39 is 0 Å². The number of guanidine groups is 1. The molecular weight excluding hydrogens is 254 g/mol. The lowest BCUT2D eigenvalue weighted by Crippen LogP contribution is -2.43. The van der Waals surface area contributed by atoms with Gasteiger partial charge in [-0.15, -0.1) is 0 Å². The Kier molecular flexibility index (Phi) is 6.60. The Morgan fingerprint density at radius 3 is 3.05 bits per heavy atom. The molecule has 0 aromatic carbocycles. The Morgan fingerprint density at radius 1 is 1.40 bits per heavy atom. The third-order valence-corrected chi connectivity index (χ3v) is 4.03. The maximum absolute atomic E-state index is 6.04. The fourth-order valence-corrected chi connectivity index (χ4v) is 2.85. The van der Waals surface area contributed by atoms with E-state index in [-0.39, 0.29) is 0 Å². The van der Waals surface area contributed by atoms with E-state index in [1.165, 1.54) is 19.3 Å². The van der Waals surface area contributed by atoms with Gasteiger partial charge in [0.1, 0.15) is 0 Å². The molecule has 2 atom stereocenters. The second-order valence-corrected chi connectivity index (χ2v) is 6.00. The van der Waals surface area contributed by atoms with Gasteiger partial charge in [0.25, 0.3) is 0 Å². The zero-order chi connectivity index (χ0) is 14.2. The first-order chi connectivity index (χ1) is 9.75. The molecule has 116 valence electrons. The Morgan fingerprint density at radius 2 is 2.30 bits per heavy atom. The fraction of sp³-hybridized carbons (Fsp3) is 0.933. The summed E-state index contributed by atoms with van der Waals surface area (Å²) < 4.78 is 11.1. The smallest absolute Gasteiger partial charge is 0.191 e. The molecule has 2 aliphatic heterocycles. The number of ether oxygens (including phenoxy) is 2. The van der Waals surface area contributed by atoms with Gasteiger partial charge in [-0.25, -0.2) is 0 Å². The third-order valence-electron chi connectivity index (χ3n) is 4.03. The number of hydrogen-bond acceptors (Lipinski definition) is 3. The van der Waals surface area contributed by atoms with Crippen molar-refractivity contribution in [1.29, 1.82) is 0 Å². The summed E-state index contributed by atoms with van der Waals surface area (Å²) >= 11 is 0. The van der Waals surface area contributed by atoms with Crippen molar-refractivity contribution in [2.24, 2.45) is 16.6 Å². The van der Waals surface area contributed by atoms with Crippen molar-refractivity contribution in [3.63, 3.8) is 0 Å². The van der Waals surface area contributed by atoms with E-state index in [0.29, 0.717) is 12.1 Å². The van der Waals surface area contributed by atoms with Gasteiger partial charge in [-0.05, 0) is 38.0 Å². The van der Waals surface area contributed by atoms with Gasteiger partial charge in [0, 0.05) is 32.8 Å². The zero-order valence-electron chi connectivity index (χ0n) is 12.7. The van der Waals surface area contributed by atoms with Crippen LogP contribution in [0.3, 0.4) is 0 Å². The molecule has 0 amide bonds. The second kappa shape index (κ2) is 8.47. The third kappa shape index (κ3) is 5.29. The van der Waals surface area contributed by atoms with Gasteiger partial charge in [-0.1, -0.05) is 6.92 Å². The highest BCUT2D eigenvalue weighted by Gasteiger charge is 2.17. The summed E-state index contributed by atoms with van der Waals surface area (Å²) in [7, 11) is 0. The molecule has 0 aromatic rings. The lowest BCUT2D eigenvalue weighted by Gasteiger charge is -2.31. The summed E-state index contributed by atoms with van der Waals surface area (Å²) in [5.74, 6) is 1.43. The topological polar surface area (TPSA) is 60.1 Å². The highest BCUT2D eigenvalue weighted by atomic mass is 16.5. The van der Waals surface area contributed by atoms with Gasteiger partial charge in [-0.2, -0.15) is 0 Å². The van der Waals surface area contributed by atoms with Gasteiger partial charge in [0.15, 0.2) is 5.96 Å². The molecule has 2 fully saturated rings. The largest absolute Gasteiger partial charge is 0.379 e. The second-order valence-electron chi connectivity index (χ2n) is 6.00. The summed E-state index contributed by atoms with van der Waals surface area (Å²) in [6.45, 7) is 7.49. The minimum Gasteiger partial charge on any atom is -0.379 e. The molecule has 0 aromatic heterocycles. The number of aliphatic imine (C=N–C) groups is 1. The maximum Gasteiger partial charge on any atom is 0.191 e. The molecular formula is C15H29N3O2. The summed E-state index contributed by atoms with van der Waals surface area (Å²) in [5, 5.41) is 0. The lowest BCUT2D eigenvalue weighted by atomic mass is 10.0. The van der Waals surface area contributed by atoms with Crippen molar-refractivity contribution in [3.05, 3.63) is 0 Å². The van der Waals surface area contributed by atoms with Crippen LogP contribution in [0.5, 0.6) is 0 Å². The zero-order valence-corrected chi connectivity index (χ0v) is 12.7. The molecule has 0 spiro atoms. The number of likely N-dealkylation sites (tertiary alicyclic amines) is 1. The Balaban J connectivity index is 1.53. The molecule has 5 nitrogen and oxygen atoms in total. The minimum atomic E-state index is 0.318. The average Bonchev–Trinajstić information content (AvgIpc) is 2.95. The summed E-state index contributed by atoms with van der Waals surface area (Å²) in [4.78, 5) is 6.67. The Hall–Kier alpha value is -0.810. The van der Waals surface area contributed by atoms with Crippen molar-refractivity contribution >= 4 is 5.96 Å².